The van der Waals surface area contributed by atoms with Gasteiger partial charge in [0.2, 0.25) is 5.91 Å². The number of nitrogens with zero attached hydrogens (tertiary/aromatic N) is 1. The van der Waals surface area contributed by atoms with Crippen molar-refractivity contribution in [2.75, 3.05) is 12.4 Å². The lowest BCUT2D eigenvalue weighted by Gasteiger charge is -2.27. The first-order valence-corrected chi connectivity index (χ1v) is 7.21. The molecular weight excluding hydrogens is 266 g/mol. The maximum absolute atomic E-state index is 12.3. The van der Waals surface area contributed by atoms with Crippen molar-refractivity contribution in [2.24, 2.45) is 11.7 Å². The SMILES string of the molecule is CC(C)CC(C)N(C)C(=O)Nc1ccccc1CC(N)=O. The number of nitrogens with one attached hydrogen (secondary N) is 1. The molecule has 0 saturated carbocycles. The van der Waals surface area contributed by atoms with Crippen molar-refractivity contribution in [1.82, 2.24) is 4.90 Å². The number of anilines is 1. The summed E-state index contributed by atoms with van der Waals surface area (Å²) < 4.78 is 0. The maximum atomic E-state index is 12.3. The zero-order valence-corrected chi connectivity index (χ0v) is 13.2. The summed E-state index contributed by atoms with van der Waals surface area (Å²) in [7, 11) is 1.78. The molecule has 1 rings (SSSR count). The first kappa shape index (κ1) is 17.0. The van der Waals surface area contributed by atoms with Gasteiger partial charge in [-0.3, -0.25) is 4.79 Å². The quantitative estimate of drug-likeness (QED) is 0.845. The fraction of sp³-hybridized carbons (Fsp3) is 0.500. The van der Waals surface area contributed by atoms with E-state index in [1.165, 1.54) is 0 Å². The van der Waals surface area contributed by atoms with Crippen molar-refractivity contribution >= 4 is 17.6 Å². The van der Waals surface area contributed by atoms with Crippen LogP contribution in [-0.4, -0.2) is 29.9 Å². The van der Waals surface area contributed by atoms with Crippen molar-refractivity contribution < 1.29 is 9.59 Å². The number of urea groups is 1. The summed E-state index contributed by atoms with van der Waals surface area (Å²) in [6, 6.07) is 7.17. The van der Waals surface area contributed by atoms with Crippen molar-refractivity contribution in [2.45, 2.75) is 39.7 Å². The third-order valence-electron chi connectivity index (χ3n) is 3.42. The van der Waals surface area contributed by atoms with Gasteiger partial charge >= 0.3 is 6.03 Å². The molecule has 1 unspecified atom stereocenters. The third-order valence-corrected chi connectivity index (χ3v) is 3.42. The second kappa shape index (κ2) is 7.67. The van der Waals surface area contributed by atoms with Crippen molar-refractivity contribution in [1.29, 1.82) is 0 Å². The van der Waals surface area contributed by atoms with Gasteiger partial charge in [0.05, 0.1) is 6.42 Å². The van der Waals surface area contributed by atoms with Gasteiger partial charge in [0.15, 0.2) is 0 Å². The Kier molecular flexibility index (Phi) is 6.21. The smallest absolute Gasteiger partial charge is 0.321 e. The summed E-state index contributed by atoms with van der Waals surface area (Å²) in [6.45, 7) is 6.28. The first-order chi connectivity index (χ1) is 9.81. The zero-order chi connectivity index (χ0) is 16.0. The Morgan fingerprint density at radius 1 is 1.24 bits per heavy atom. The van der Waals surface area contributed by atoms with Gasteiger partial charge in [-0.25, -0.2) is 4.79 Å². The molecule has 0 aliphatic rings. The van der Waals surface area contributed by atoms with E-state index < -0.39 is 5.91 Å². The van der Waals surface area contributed by atoms with Gasteiger partial charge < -0.3 is 16.0 Å². The zero-order valence-electron chi connectivity index (χ0n) is 13.2. The fourth-order valence-electron chi connectivity index (χ4n) is 2.23. The van der Waals surface area contributed by atoms with E-state index in [1.54, 1.807) is 24.1 Å². The van der Waals surface area contributed by atoms with Crippen LogP contribution >= 0.6 is 0 Å². The van der Waals surface area contributed by atoms with Gasteiger partial charge in [-0.05, 0) is 30.9 Å². The van der Waals surface area contributed by atoms with E-state index in [1.807, 2.05) is 19.1 Å². The lowest BCUT2D eigenvalue weighted by Crippen LogP contribution is -2.39. The molecule has 3 amide bonds. The van der Waals surface area contributed by atoms with Crippen LogP contribution in [0, 0.1) is 5.92 Å². The standard InChI is InChI=1S/C16H25N3O2/c1-11(2)9-12(3)19(4)16(21)18-14-8-6-5-7-13(14)10-15(17)20/h5-8,11-12H,9-10H2,1-4H3,(H2,17,20)(H,18,21). The molecule has 5 heteroatoms. The maximum Gasteiger partial charge on any atom is 0.321 e. The highest BCUT2D eigenvalue weighted by Crippen LogP contribution is 2.17. The molecule has 21 heavy (non-hydrogen) atoms. The van der Waals surface area contributed by atoms with E-state index in [-0.39, 0.29) is 18.5 Å². The Labute approximate surface area is 126 Å². The van der Waals surface area contributed by atoms with Gasteiger partial charge in [0, 0.05) is 18.8 Å². The predicted molar refractivity (Wildman–Crippen MR) is 85.0 cm³/mol. The fourth-order valence-corrected chi connectivity index (χ4v) is 2.23. The lowest BCUT2D eigenvalue weighted by molar-refractivity contribution is -0.117. The Morgan fingerprint density at radius 3 is 2.43 bits per heavy atom. The summed E-state index contributed by atoms with van der Waals surface area (Å²) >= 11 is 0. The van der Waals surface area contributed by atoms with Crippen LogP contribution in [0.4, 0.5) is 10.5 Å². The topological polar surface area (TPSA) is 75.4 Å². The second-order valence-corrected chi connectivity index (χ2v) is 5.82. The third kappa shape index (κ3) is 5.45. The van der Waals surface area contributed by atoms with Crippen LogP contribution in [0.5, 0.6) is 0 Å². The lowest BCUT2D eigenvalue weighted by atomic mass is 10.0. The molecule has 5 nitrogen and oxygen atoms in total. The monoisotopic (exact) mass is 291 g/mol. The Morgan fingerprint density at radius 2 is 1.86 bits per heavy atom. The van der Waals surface area contributed by atoms with Crippen LogP contribution in [0.1, 0.15) is 32.8 Å². The molecule has 0 fully saturated rings. The van der Waals surface area contributed by atoms with E-state index in [0.29, 0.717) is 11.6 Å². The van der Waals surface area contributed by atoms with E-state index >= 15 is 0 Å². The van der Waals surface area contributed by atoms with Crippen LogP contribution < -0.4 is 11.1 Å². The molecule has 0 saturated heterocycles. The number of benzene rings is 1. The molecule has 1 aromatic rings. The van der Waals surface area contributed by atoms with E-state index in [4.69, 9.17) is 5.73 Å². The van der Waals surface area contributed by atoms with Crippen molar-refractivity contribution in [3.8, 4) is 0 Å². The van der Waals surface area contributed by atoms with Crippen molar-refractivity contribution in [3.05, 3.63) is 29.8 Å². The van der Waals surface area contributed by atoms with E-state index in [2.05, 4.69) is 19.2 Å². The molecule has 0 heterocycles. The summed E-state index contributed by atoms with van der Waals surface area (Å²) in [6.07, 6.45) is 1.05. The van der Waals surface area contributed by atoms with Crippen LogP contribution in [0.15, 0.2) is 24.3 Å². The largest absolute Gasteiger partial charge is 0.369 e. The number of nitrogens with two attached hydrogens (primary N) is 1. The van der Waals surface area contributed by atoms with Gasteiger partial charge in [0.1, 0.15) is 0 Å². The Hall–Kier alpha value is -2.04. The highest BCUT2D eigenvalue weighted by molar-refractivity contribution is 5.91. The second-order valence-electron chi connectivity index (χ2n) is 5.82. The molecule has 3 N–H and O–H groups in total. The molecule has 1 aromatic carbocycles. The average Bonchev–Trinajstić information content (AvgIpc) is 2.38. The van der Waals surface area contributed by atoms with E-state index in [9.17, 15) is 9.59 Å². The molecule has 1 atom stereocenters. The minimum absolute atomic E-state index is 0.113. The summed E-state index contributed by atoms with van der Waals surface area (Å²) in [5, 5.41) is 2.85. The minimum atomic E-state index is -0.418. The normalized spacial score (nSPS) is 12.0. The van der Waals surface area contributed by atoms with Gasteiger partial charge in [-0.1, -0.05) is 32.0 Å². The Balaban J connectivity index is 2.76. The average molecular weight is 291 g/mol. The number of carbonyl (C=O) groups excluding carboxylic acids is 2. The van der Waals surface area contributed by atoms with Gasteiger partial charge in [-0.2, -0.15) is 0 Å². The number of amides is 3. The minimum Gasteiger partial charge on any atom is -0.369 e. The Bertz CT molecular complexity index is 500. The molecular formula is C16H25N3O2. The molecule has 0 aliphatic heterocycles. The number of carbonyl (C=O) groups is 2. The molecule has 0 radical (unpaired) electrons. The van der Waals surface area contributed by atoms with Crippen LogP contribution in [-0.2, 0) is 11.2 Å². The molecule has 116 valence electrons. The number of para-hydroxylation sites is 1. The highest BCUT2D eigenvalue weighted by atomic mass is 16.2. The number of hydrogen-bond acceptors (Lipinski definition) is 2. The number of hydrogen-bond donors (Lipinski definition) is 2. The molecule has 0 aromatic heterocycles. The summed E-state index contributed by atoms with van der Waals surface area (Å²) in [5.74, 6) is 0.107. The molecule has 0 aliphatic carbocycles. The van der Waals surface area contributed by atoms with Crippen LogP contribution in [0.3, 0.4) is 0 Å². The number of primary amides is 1. The molecule has 0 bridgehead atoms. The van der Waals surface area contributed by atoms with Crippen molar-refractivity contribution in [3.63, 3.8) is 0 Å². The highest BCUT2D eigenvalue weighted by Gasteiger charge is 2.17. The summed E-state index contributed by atoms with van der Waals surface area (Å²) in [5.41, 5.74) is 6.58. The van der Waals surface area contributed by atoms with Crippen LogP contribution in [0.25, 0.3) is 0 Å². The number of rotatable bonds is 6. The van der Waals surface area contributed by atoms with Gasteiger partial charge in [-0.15, -0.1) is 0 Å². The predicted octanol–water partition coefficient (Wildman–Crippen LogP) is 2.61. The molecule has 0 spiro atoms. The summed E-state index contributed by atoms with van der Waals surface area (Å²) in [4.78, 5) is 25.0. The first-order valence-electron chi connectivity index (χ1n) is 7.21. The van der Waals surface area contributed by atoms with E-state index in [0.717, 1.165) is 12.0 Å². The van der Waals surface area contributed by atoms with Gasteiger partial charge in [0.25, 0.3) is 0 Å². The van der Waals surface area contributed by atoms with Crippen LogP contribution in [0.2, 0.25) is 0 Å².